The van der Waals surface area contributed by atoms with Crippen molar-refractivity contribution in [3.05, 3.63) is 69.8 Å². The van der Waals surface area contributed by atoms with Crippen molar-refractivity contribution in [2.45, 2.75) is 13.8 Å². The minimum absolute atomic E-state index is 0.0256. The lowest BCUT2D eigenvalue weighted by atomic mass is 9.75. The molecule has 0 radical (unpaired) electrons. The topological polar surface area (TPSA) is 68.2 Å². The van der Waals surface area contributed by atoms with Gasteiger partial charge in [0, 0.05) is 55.0 Å². The zero-order valence-corrected chi connectivity index (χ0v) is 17.9. The van der Waals surface area contributed by atoms with Gasteiger partial charge in [-0.25, -0.2) is 4.39 Å². The maximum Gasteiger partial charge on any atom is 0.317 e. The zero-order chi connectivity index (χ0) is 21.9. The Bertz CT molecular complexity index is 1160. The first-order valence-corrected chi connectivity index (χ1v) is 10.4. The van der Waals surface area contributed by atoms with E-state index in [0.29, 0.717) is 19.6 Å². The van der Waals surface area contributed by atoms with E-state index < -0.39 is 5.97 Å². The van der Waals surface area contributed by atoms with Gasteiger partial charge in [-0.15, -0.1) is 0 Å². The average Bonchev–Trinajstić information content (AvgIpc) is 3.00. The normalized spacial score (nSPS) is 21.5. The van der Waals surface area contributed by atoms with Gasteiger partial charge in [-0.2, -0.15) is 5.10 Å². The number of carboxylic acids is 1. The Balaban J connectivity index is 1.65. The van der Waals surface area contributed by atoms with Crippen molar-refractivity contribution in [3.8, 4) is 0 Å². The van der Waals surface area contributed by atoms with E-state index in [-0.39, 0.29) is 17.8 Å². The molecule has 1 aromatic rings. The van der Waals surface area contributed by atoms with Crippen molar-refractivity contribution in [1.29, 1.82) is 0 Å². The lowest BCUT2D eigenvalue weighted by Crippen LogP contribution is -2.44. The van der Waals surface area contributed by atoms with E-state index in [0.717, 1.165) is 39.2 Å². The quantitative estimate of drug-likeness (QED) is 0.787. The Kier molecular flexibility index (Phi) is 4.41. The monoisotopic (exact) mass is 420 g/mol. The van der Waals surface area contributed by atoms with Gasteiger partial charge < -0.3 is 10.0 Å². The molecule has 0 saturated carbocycles. The molecule has 0 atom stereocenters. The summed E-state index contributed by atoms with van der Waals surface area (Å²) in [6.45, 7) is 6.23. The van der Waals surface area contributed by atoms with Crippen LogP contribution in [0.25, 0.3) is 11.6 Å². The number of fused-ring (bicyclic) bond motifs is 2. The molecule has 6 nitrogen and oxygen atoms in total. The molecular formula is C24H25FN4O2. The maximum atomic E-state index is 14.5. The Morgan fingerprint density at radius 3 is 2.87 bits per heavy atom. The minimum atomic E-state index is -0.818. The Morgan fingerprint density at radius 1 is 1.32 bits per heavy atom. The standard InChI is InChI=1S/C24H25FN4O2/c1-24(2)13-29(12-21(30)31)7-6-19(24)18-11-28(3)10-17-16-9-15(25)8-14-4-5-20(22(14)16)26-27-23(17)18/h4-6,8-10,27H,7,11-13H2,1-3H3,(H,30,31). The highest BCUT2D eigenvalue weighted by Gasteiger charge is 2.37. The number of rotatable bonds is 3. The molecule has 1 aromatic carbocycles. The Morgan fingerprint density at radius 2 is 2.13 bits per heavy atom. The van der Waals surface area contributed by atoms with E-state index in [1.807, 2.05) is 30.3 Å². The number of likely N-dealkylation sites (N-methyl/N-ethyl adjacent to an activating group) is 1. The second kappa shape index (κ2) is 6.92. The van der Waals surface area contributed by atoms with Crippen LogP contribution in [0.1, 0.15) is 30.5 Å². The molecular weight excluding hydrogens is 395 g/mol. The summed E-state index contributed by atoms with van der Waals surface area (Å²) in [7, 11) is 2.02. The van der Waals surface area contributed by atoms with Gasteiger partial charge in [-0.1, -0.05) is 26.0 Å². The molecule has 0 unspecified atom stereocenters. The van der Waals surface area contributed by atoms with E-state index in [1.54, 1.807) is 12.1 Å². The number of allylic oxidation sites excluding steroid dienone is 2. The van der Waals surface area contributed by atoms with E-state index >= 15 is 0 Å². The molecule has 5 rings (SSSR count). The van der Waals surface area contributed by atoms with E-state index in [4.69, 9.17) is 0 Å². The van der Waals surface area contributed by atoms with Crippen molar-refractivity contribution in [1.82, 2.24) is 15.2 Å². The lowest BCUT2D eigenvalue weighted by Gasteiger charge is -2.41. The van der Waals surface area contributed by atoms with Gasteiger partial charge in [0.1, 0.15) is 5.82 Å². The van der Waals surface area contributed by atoms with Crippen molar-refractivity contribution < 1.29 is 14.3 Å². The van der Waals surface area contributed by atoms with Gasteiger partial charge >= 0.3 is 5.97 Å². The van der Waals surface area contributed by atoms with Crippen LogP contribution in [-0.4, -0.2) is 59.8 Å². The molecule has 0 aromatic heterocycles. The lowest BCUT2D eigenvalue weighted by molar-refractivity contribution is -0.138. The second-order valence-electron chi connectivity index (χ2n) is 9.24. The van der Waals surface area contributed by atoms with Crippen molar-refractivity contribution in [2.75, 3.05) is 33.2 Å². The fraction of sp³-hybridized carbons (Fsp3) is 0.333. The van der Waals surface area contributed by atoms with Crippen LogP contribution >= 0.6 is 0 Å². The third-order valence-electron chi connectivity index (χ3n) is 6.30. The van der Waals surface area contributed by atoms with Crippen LogP contribution in [0.3, 0.4) is 0 Å². The molecule has 2 N–H and O–H groups in total. The van der Waals surface area contributed by atoms with Crippen LogP contribution in [0.5, 0.6) is 0 Å². The first kappa shape index (κ1) is 19.8. The predicted octanol–water partition coefficient (Wildman–Crippen LogP) is 3.05. The van der Waals surface area contributed by atoms with Crippen molar-refractivity contribution >= 4 is 23.3 Å². The first-order valence-electron chi connectivity index (χ1n) is 10.4. The first-order chi connectivity index (χ1) is 14.7. The predicted molar refractivity (Wildman–Crippen MR) is 119 cm³/mol. The fourth-order valence-electron chi connectivity index (χ4n) is 5.14. The fourth-order valence-corrected chi connectivity index (χ4v) is 5.14. The van der Waals surface area contributed by atoms with Gasteiger partial charge in [0.25, 0.3) is 0 Å². The number of hydrogen-bond acceptors (Lipinski definition) is 5. The molecule has 0 saturated heterocycles. The van der Waals surface area contributed by atoms with E-state index in [2.05, 4.69) is 35.4 Å². The van der Waals surface area contributed by atoms with E-state index in [9.17, 15) is 14.3 Å². The van der Waals surface area contributed by atoms with Gasteiger partial charge in [-0.05, 0) is 34.9 Å². The number of aliphatic carboxylic acids is 1. The number of benzene rings is 1. The number of nitrogens with zero attached hydrogens (tertiary/aromatic N) is 3. The van der Waals surface area contributed by atoms with Gasteiger partial charge in [-0.3, -0.25) is 15.1 Å². The highest BCUT2D eigenvalue weighted by Crippen LogP contribution is 2.43. The summed E-state index contributed by atoms with van der Waals surface area (Å²) < 4.78 is 14.5. The average molecular weight is 420 g/mol. The van der Waals surface area contributed by atoms with Crippen LogP contribution in [0.15, 0.2) is 52.4 Å². The van der Waals surface area contributed by atoms with Crippen LogP contribution in [0.4, 0.5) is 4.39 Å². The van der Waals surface area contributed by atoms with E-state index in [1.165, 1.54) is 5.57 Å². The number of hydrogen-bond donors (Lipinski definition) is 2. The SMILES string of the molecule is CN1C=C2C(=C(C3=CCN(CC(=O)O)CC3(C)C)C1)NN=C1C=Cc3cc(F)cc2c31. The molecule has 3 aliphatic heterocycles. The third kappa shape index (κ3) is 3.29. The van der Waals surface area contributed by atoms with Crippen molar-refractivity contribution in [2.24, 2.45) is 10.5 Å². The number of hydrazone groups is 1. The third-order valence-corrected chi connectivity index (χ3v) is 6.30. The largest absolute Gasteiger partial charge is 0.480 e. The molecule has 0 bridgehead atoms. The molecule has 31 heavy (non-hydrogen) atoms. The summed E-state index contributed by atoms with van der Waals surface area (Å²) in [6.07, 6.45) is 7.99. The van der Waals surface area contributed by atoms with Crippen LogP contribution in [0, 0.1) is 11.2 Å². The molecule has 0 spiro atoms. The van der Waals surface area contributed by atoms with Gasteiger partial charge in [0.15, 0.2) is 0 Å². The molecule has 3 heterocycles. The highest BCUT2D eigenvalue weighted by molar-refractivity contribution is 6.20. The molecule has 7 heteroatoms. The molecule has 4 aliphatic rings. The smallest absolute Gasteiger partial charge is 0.317 e. The summed E-state index contributed by atoms with van der Waals surface area (Å²) in [5, 5.41) is 13.8. The molecule has 160 valence electrons. The van der Waals surface area contributed by atoms with Gasteiger partial charge in [0.2, 0.25) is 0 Å². The maximum absolute atomic E-state index is 14.5. The van der Waals surface area contributed by atoms with Crippen LogP contribution in [0.2, 0.25) is 0 Å². The summed E-state index contributed by atoms with van der Waals surface area (Å²) in [6, 6.07) is 3.14. The van der Waals surface area contributed by atoms with Crippen LogP contribution < -0.4 is 5.43 Å². The summed E-state index contributed by atoms with van der Waals surface area (Å²) in [5.41, 5.74) is 10.6. The Hall–Kier alpha value is -3.19. The van der Waals surface area contributed by atoms with Crippen LogP contribution in [-0.2, 0) is 4.79 Å². The summed E-state index contributed by atoms with van der Waals surface area (Å²) in [4.78, 5) is 15.2. The Labute approximate surface area is 180 Å². The molecule has 0 amide bonds. The summed E-state index contributed by atoms with van der Waals surface area (Å²) >= 11 is 0. The number of halogens is 1. The van der Waals surface area contributed by atoms with Gasteiger partial charge in [0.05, 0.1) is 18.0 Å². The highest BCUT2D eigenvalue weighted by atomic mass is 19.1. The number of carboxylic acid groups (broad SMARTS) is 1. The molecule has 1 aliphatic carbocycles. The van der Waals surface area contributed by atoms with Crippen molar-refractivity contribution in [3.63, 3.8) is 0 Å². The summed E-state index contributed by atoms with van der Waals surface area (Å²) in [5.74, 6) is -1.08. The second-order valence-corrected chi connectivity index (χ2v) is 9.24. The molecule has 0 fully saturated rings. The zero-order valence-electron chi connectivity index (χ0n) is 17.9. The number of carbonyl (C=O) groups is 1. The minimum Gasteiger partial charge on any atom is -0.480 e. The number of nitrogens with one attached hydrogen (secondary N) is 1.